The van der Waals surface area contributed by atoms with Crippen molar-refractivity contribution < 1.29 is 18.3 Å². The Morgan fingerprint density at radius 3 is 2.64 bits per heavy atom. The zero-order chi connectivity index (χ0) is 10.3. The number of nitrogens with zero attached hydrogens (tertiary/aromatic N) is 1. The normalized spacial score (nSPS) is 12.2. The van der Waals surface area contributed by atoms with E-state index < -0.39 is 17.5 Å². The van der Waals surface area contributed by atoms with Crippen molar-refractivity contribution in [3.63, 3.8) is 0 Å². The minimum atomic E-state index is -4.60. The minimum Gasteiger partial charge on any atom is -0.507 e. The van der Waals surface area contributed by atoms with E-state index in [-0.39, 0.29) is 11.0 Å². The van der Waals surface area contributed by atoms with Gasteiger partial charge in [-0.15, -0.1) is 0 Å². The molecule has 2 aromatic rings. The van der Waals surface area contributed by atoms with Crippen LogP contribution in [0.5, 0.6) is 5.75 Å². The predicted molar refractivity (Wildman–Crippen MR) is 42.8 cm³/mol. The number of aromatic nitrogens is 2. The number of aromatic hydroxyl groups is 1. The molecular weight excluding hydrogens is 197 g/mol. The molecule has 0 spiro atoms. The van der Waals surface area contributed by atoms with Crippen molar-refractivity contribution in [2.45, 2.75) is 6.18 Å². The van der Waals surface area contributed by atoms with Crippen LogP contribution in [0.15, 0.2) is 18.5 Å². The van der Waals surface area contributed by atoms with Gasteiger partial charge in [-0.3, -0.25) is 0 Å². The Hall–Kier alpha value is -1.72. The van der Waals surface area contributed by atoms with Crippen molar-refractivity contribution in [2.24, 2.45) is 0 Å². The van der Waals surface area contributed by atoms with Crippen molar-refractivity contribution in [1.29, 1.82) is 0 Å². The third kappa shape index (κ3) is 1.19. The van der Waals surface area contributed by atoms with E-state index in [1.807, 2.05) is 0 Å². The van der Waals surface area contributed by atoms with Crippen LogP contribution in [0.2, 0.25) is 0 Å². The number of imidazole rings is 1. The van der Waals surface area contributed by atoms with E-state index >= 15 is 0 Å². The summed E-state index contributed by atoms with van der Waals surface area (Å²) in [5.41, 5.74) is -1.12. The maximum absolute atomic E-state index is 12.4. The summed E-state index contributed by atoms with van der Waals surface area (Å²) in [7, 11) is 0. The maximum Gasteiger partial charge on any atom is 0.422 e. The van der Waals surface area contributed by atoms with Gasteiger partial charge in [0, 0.05) is 0 Å². The molecule has 6 heteroatoms. The Labute approximate surface area is 76.2 Å². The summed E-state index contributed by atoms with van der Waals surface area (Å²) < 4.78 is 37.3. The van der Waals surface area contributed by atoms with E-state index in [2.05, 4.69) is 9.97 Å². The number of aromatic amines is 1. The molecule has 0 unspecified atom stereocenters. The molecule has 74 valence electrons. The van der Waals surface area contributed by atoms with Crippen molar-refractivity contribution in [1.82, 2.24) is 9.97 Å². The van der Waals surface area contributed by atoms with Crippen LogP contribution in [0.4, 0.5) is 13.2 Å². The topological polar surface area (TPSA) is 48.9 Å². The Balaban J connectivity index is 2.83. The highest BCUT2D eigenvalue weighted by Crippen LogP contribution is 2.39. The highest BCUT2D eigenvalue weighted by Gasteiger charge is 2.36. The zero-order valence-electron chi connectivity index (χ0n) is 6.76. The standard InChI is InChI=1S/C8H5F3N2O/c9-8(10,11)6-5(14)2-1-4-7(6)13-3-12-4/h1-3,14H,(H,12,13). The van der Waals surface area contributed by atoms with Gasteiger partial charge in [-0.2, -0.15) is 13.2 Å². The first-order valence-corrected chi connectivity index (χ1v) is 3.72. The van der Waals surface area contributed by atoms with Gasteiger partial charge in [0.25, 0.3) is 0 Å². The van der Waals surface area contributed by atoms with Gasteiger partial charge in [-0.25, -0.2) is 4.98 Å². The molecule has 2 rings (SSSR count). The fourth-order valence-corrected chi connectivity index (χ4v) is 1.28. The molecule has 1 aromatic heterocycles. The van der Waals surface area contributed by atoms with Crippen LogP contribution in [0, 0.1) is 0 Å². The predicted octanol–water partition coefficient (Wildman–Crippen LogP) is 2.29. The first kappa shape index (κ1) is 8.86. The van der Waals surface area contributed by atoms with Gasteiger partial charge in [0.05, 0.1) is 11.8 Å². The summed E-state index contributed by atoms with van der Waals surface area (Å²) in [6, 6.07) is 2.33. The quantitative estimate of drug-likeness (QED) is 0.688. The zero-order valence-corrected chi connectivity index (χ0v) is 6.76. The molecule has 1 aromatic carbocycles. The summed E-state index contributed by atoms with van der Waals surface area (Å²) in [4.78, 5) is 6.05. The lowest BCUT2D eigenvalue weighted by atomic mass is 10.1. The molecule has 0 saturated heterocycles. The van der Waals surface area contributed by atoms with Gasteiger partial charge in [0.1, 0.15) is 16.8 Å². The molecule has 0 fully saturated rings. The van der Waals surface area contributed by atoms with Crippen LogP contribution in [-0.4, -0.2) is 15.1 Å². The molecule has 0 aliphatic rings. The lowest BCUT2D eigenvalue weighted by molar-refractivity contribution is -0.137. The molecule has 14 heavy (non-hydrogen) atoms. The summed E-state index contributed by atoms with van der Waals surface area (Å²) in [6.45, 7) is 0. The summed E-state index contributed by atoms with van der Waals surface area (Å²) >= 11 is 0. The SMILES string of the molecule is Oc1ccc2[nH]cnc2c1C(F)(F)F. The van der Waals surface area contributed by atoms with Crippen molar-refractivity contribution in [2.75, 3.05) is 0 Å². The van der Waals surface area contributed by atoms with E-state index in [1.54, 1.807) is 0 Å². The summed E-state index contributed by atoms with van der Waals surface area (Å²) in [5, 5.41) is 9.09. The lowest BCUT2D eigenvalue weighted by Gasteiger charge is -2.08. The molecule has 0 atom stereocenters. The fraction of sp³-hybridized carbons (Fsp3) is 0.125. The average Bonchev–Trinajstić information content (AvgIpc) is 2.48. The van der Waals surface area contributed by atoms with Crippen molar-refractivity contribution in [3.8, 4) is 5.75 Å². The van der Waals surface area contributed by atoms with E-state index in [1.165, 1.54) is 6.07 Å². The summed E-state index contributed by atoms with van der Waals surface area (Å²) in [5.74, 6) is -0.808. The Morgan fingerprint density at radius 1 is 1.29 bits per heavy atom. The van der Waals surface area contributed by atoms with Crippen LogP contribution in [0.25, 0.3) is 11.0 Å². The first-order valence-electron chi connectivity index (χ1n) is 3.72. The third-order valence-corrected chi connectivity index (χ3v) is 1.85. The number of hydrogen-bond donors (Lipinski definition) is 2. The lowest BCUT2D eigenvalue weighted by Crippen LogP contribution is -2.06. The molecule has 0 amide bonds. The van der Waals surface area contributed by atoms with Crippen LogP contribution < -0.4 is 0 Å². The summed E-state index contributed by atoms with van der Waals surface area (Å²) in [6.07, 6.45) is -3.45. The number of alkyl halides is 3. The molecule has 0 radical (unpaired) electrons. The largest absolute Gasteiger partial charge is 0.507 e. The van der Waals surface area contributed by atoms with Gasteiger partial charge in [-0.1, -0.05) is 0 Å². The van der Waals surface area contributed by atoms with Gasteiger partial charge >= 0.3 is 6.18 Å². The number of fused-ring (bicyclic) bond motifs is 1. The number of nitrogens with one attached hydrogen (secondary N) is 1. The smallest absolute Gasteiger partial charge is 0.422 e. The second-order valence-corrected chi connectivity index (χ2v) is 2.76. The number of hydrogen-bond acceptors (Lipinski definition) is 2. The van der Waals surface area contributed by atoms with E-state index in [0.29, 0.717) is 0 Å². The monoisotopic (exact) mass is 202 g/mol. The van der Waals surface area contributed by atoms with Gasteiger partial charge in [-0.05, 0) is 12.1 Å². The first-order chi connectivity index (χ1) is 6.50. The van der Waals surface area contributed by atoms with Gasteiger partial charge in [0.2, 0.25) is 0 Å². The number of rotatable bonds is 0. The number of phenols is 1. The molecular formula is C8H5F3N2O. The van der Waals surface area contributed by atoms with Crippen LogP contribution in [0.3, 0.4) is 0 Å². The van der Waals surface area contributed by atoms with Crippen LogP contribution in [-0.2, 0) is 6.18 Å². The van der Waals surface area contributed by atoms with Gasteiger partial charge in [0.15, 0.2) is 0 Å². The molecule has 2 N–H and O–H groups in total. The van der Waals surface area contributed by atoms with Crippen molar-refractivity contribution >= 4 is 11.0 Å². The fourth-order valence-electron chi connectivity index (χ4n) is 1.28. The van der Waals surface area contributed by atoms with E-state index in [4.69, 9.17) is 5.11 Å². The number of phenolic OH excluding ortho intramolecular Hbond substituents is 1. The number of benzene rings is 1. The molecule has 0 bridgehead atoms. The Morgan fingerprint density at radius 2 is 2.00 bits per heavy atom. The van der Waals surface area contributed by atoms with Gasteiger partial charge < -0.3 is 10.1 Å². The average molecular weight is 202 g/mol. The van der Waals surface area contributed by atoms with E-state index in [0.717, 1.165) is 12.4 Å². The highest BCUT2D eigenvalue weighted by atomic mass is 19.4. The van der Waals surface area contributed by atoms with E-state index in [9.17, 15) is 13.2 Å². The van der Waals surface area contributed by atoms with Crippen LogP contribution in [0.1, 0.15) is 5.56 Å². The maximum atomic E-state index is 12.4. The minimum absolute atomic E-state index is 0.245. The molecule has 3 nitrogen and oxygen atoms in total. The Bertz CT molecular complexity index is 475. The molecule has 0 aliphatic carbocycles. The number of halogens is 3. The van der Waals surface area contributed by atoms with Crippen LogP contribution >= 0.6 is 0 Å². The highest BCUT2D eigenvalue weighted by molar-refractivity contribution is 5.81. The number of H-pyrrole nitrogens is 1. The molecule has 1 heterocycles. The third-order valence-electron chi connectivity index (χ3n) is 1.85. The Kier molecular flexibility index (Phi) is 1.67. The second kappa shape index (κ2) is 2.63. The molecule has 0 saturated carbocycles. The second-order valence-electron chi connectivity index (χ2n) is 2.76. The van der Waals surface area contributed by atoms with Crippen molar-refractivity contribution in [3.05, 3.63) is 24.0 Å². The molecule has 0 aliphatic heterocycles.